The van der Waals surface area contributed by atoms with Crippen LogP contribution in [0.3, 0.4) is 0 Å². The Morgan fingerprint density at radius 1 is 1.26 bits per heavy atom. The third-order valence-corrected chi connectivity index (χ3v) is 4.23. The van der Waals surface area contributed by atoms with E-state index in [-0.39, 0.29) is 29.7 Å². The molecule has 122 valence electrons. The van der Waals surface area contributed by atoms with Gasteiger partial charge >= 0.3 is 0 Å². The predicted molar refractivity (Wildman–Crippen MR) is 85.4 cm³/mol. The van der Waals surface area contributed by atoms with Crippen molar-refractivity contribution >= 4 is 11.9 Å². The highest BCUT2D eigenvalue weighted by Crippen LogP contribution is 2.45. The van der Waals surface area contributed by atoms with Crippen LogP contribution in [0.25, 0.3) is 0 Å². The zero-order chi connectivity index (χ0) is 16.7. The molecule has 0 radical (unpaired) electrons. The average Bonchev–Trinajstić information content (AvgIpc) is 2.71. The molecule has 4 N–H and O–H groups in total. The van der Waals surface area contributed by atoms with Crippen LogP contribution in [0, 0.1) is 12.8 Å². The molecule has 6 nitrogen and oxygen atoms in total. The van der Waals surface area contributed by atoms with Gasteiger partial charge in [-0.15, -0.1) is 0 Å². The molecule has 7 heteroatoms. The zero-order valence-corrected chi connectivity index (χ0v) is 13.3. The first-order valence-corrected chi connectivity index (χ1v) is 7.57. The number of nitrogen functional groups attached to an aromatic ring is 1. The van der Waals surface area contributed by atoms with Gasteiger partial charge in [0.15, 0.2) is 12.0 Å². The van der Waals surface area contributed by atoms with Gasteiger partial charge in [0.1, 0.15) is 0 Å². The molecule has 3 rings (SSSR count). The molecule has 1 heterocycles. The number of hydrogen-bond donors (Lipinski definition) is 3. The molecule has 0 fully saturated rings. The molecule has 0 amide bonds. The number of aromatic nitrogens is 3. The Balaban J connectivity index is 1.96. The second-order valence-electron chi connectivity index (χ2n) is 6.05. The minimum absolute atomic E-state index is 0.00401. The van der Waals surface area contributed by atoms with Crippen LogP contribution < -0.4 is 11.1 Å². The van der Waals surface area contributed by atoms with Crippen LogP contribution in [0.4, 0.5) is 16.3 Å². The number of hydrogen-bond acceptors (Lipinski definition) is 6. The molecule has 0 spiro atoms. The summed E-state index contributed by atoms with van der Waals surface area (Å²) in [4.78, 5) is 11.9. The number of aliphatic hydroxyl groups is 1. The van der Waals surface area contributed by atoms with Gasteiger partial charge in [-0.2, -0.15) is 15.0 Å². The van der Waals surface area contributed by atoms with Gasteiger partial charge in [-0.3, -0.25) is 0 Å². The molecule has 0 bridgehead atoms. The molecular formula is C16H20FN5O. The Morgan fingerprint density at radius 2 is 2.00 bits per heavy atom. The van der Waals surface area contributed by atoms with E-state index in [1.807, 2.05) is 32.0 Å². The van der Waals surface area contributed by atoms with E-state index in [2.05, 4.69) is 20.3 Å². The van der Waals surface area contributed by atoms with Gasteiger partial charge in [0.2, 0.25) is 11.9 Å². The number of nitrogens with one attached hydrogen (secondary N) is 1. The highest BCUT2D eigenvalue weighted by Gasteiger charge is 2.37. The lowest BCUT2D eigenvalue weighted by atomic mass is 10.0. The normalized spacial score (nSPS) is 24.3. The Kier molecular flexibility index (Phi) is 3.89. The molecule has 23 heavy (non-hydrogen) atoms. The first kappa shape index (κ1) is 15.6. The van der Waals surface area contributed by atoms with Crippen LogP contribution in [-0.2, 0) is 0 Å². The lowest BCUT2D eigenvalue weighted by Gasteiger charge is -2.20. The van der Waals surface area contributed by atoms with Gasteiger partial charge in [0.05, 0.1) is 12.1 Å². The van der Waals surface area contributed by atoms with Gasteiger partial charge in [-0.1, -0.05) is 30.7 Å². The standard InChI is InChI=1S/C16H20FN5O/c1-7-4-5-10-11(6-7)12(8(2)13(10)23)19-16-21-14(9(3)17)20-15(18)22-16/h4-6,8-9,12-13,23H,1-3H3,(H3,18,19,20,21,22)/t8-,9?,12-,13?/m1/s1. The number of benzene rings is 1. The number of aryl methyl sites for hydroxylation is 1. The van der Waals surface area contributed by atoms with Crippen LogP contribution in [0.1, 0.15) is 54.7 Å². The van der Waals surface area contributed by atoms with E-state index >= 15 is 0 Å². The number of anilines is 2. The van der Waals surface area contributed by atoms with Crippen molar-refractivity contribution in [3.8, 4) is 0 Å². The van der Waals surface area contributed by atoms with Crippen molar-refractivity contribution in [1.82, 2.24) is 15.0 Å². The average molecular weight is 317 g/mol. The van der Waals surface area contributed by atoms with Gasteiger partial charge in [0, 0.05) is 5.92 Å². The number of rotatable bonds is 3. The maximum atomic E-state index is 13.5. The fraction of sp³-hybridized carbons (Fsp3) is 0.438. The van der Waals surface area contributed by atoms with Crippen LogP contribution >= 0.6 is 0 Å². The first-order valence-electron chi connectivity index (χ1n) is 7.57. The van der Waals surface area contributed by atoms with Crippen LogP contribution in [0.5, 0.6) is 0 Å². The summed E-state index contributed by atoms with van der Waals surface area (Å²) in [6.45, 7) is 5.29. The van der Waals surface area contributed by atoms with Gasteiger partial charge in [-0.05, 0) is 25.0 Å². The minimum atomic E-state index is -1.33. The molecule has 0 aliphatic heterocycles. The van der Waals surface area contributed by atoms with E-state index < -0.39 is 12.3 Å². The van der Waals surface area contributed by atoms with Crippen molar-refractivity contribution in [1.29, 1.82) is 0 Å². The van der Waals surface area contributed by atoms with E-state index in [9.17, 15) is 9.50 Å². The summed E-state index contributed by atoms with van der Waals surface area (Å²) >= 11 is 0. The maximum Gasteiger partial charge on any atom is 0.228 e. The van der Waals surface area contributed by atoms with Gasteiger partial charge < -0.3 is 16.2 Å². The summed E-state index contributed by atoms with van der Waals surface area (Å²) in [7, 11) is 0. The summed E-state index contributed by atoms with van der Waals surface area (Å²) in [6.07, 6.45) is -1.90. The number of fused-ring (bicyclic) bond motifs is 1. The summed E-state index contributed by atoms with van der Waals surface area (Å²) < 4.78 is 13.5. The Hall–Kier alpha value is -2.28. The van der Waals surface area contributed by atoms with Crippen LogP contribution in [0.2, 0.25) is 0 Å². The quantitative estimate of drug-likeness (QED) is 0.805. The summed E-state index contributed by atoms with van der Waals surface area (Å²) in [5, 5.41) is 13.6. The first-order chi connectivity index (χ1) is 10.9. The molecule has 1 aromatic heterocycles. The molecule has 0 saturated carbocycles. The molecular weight excluding hydrogens is 297 g/mol. The van der Waals surface area contributed by atoms with Crippen molar-refractivity contribution in [3.05, 3.63) is 40.7 Å². The highest BCUT2D eigenvalue weighted by molar-refractivity contribution is 5.45. The highest BCUT2D eigenvalue weighted by atomic mass is 19.1. The topological polar surface area (TPSA) is 97.0 Å². The second-order valence-corrected chi connectivity index (χ2v) is 6.05. The predicted octanol–water partition coefficient (Wildman–Crippen LogP) is 2.63. The maximum absolute atomic E-state index is 13.5. The Morgan fingerprint density at radius 3 is 2.70 bits per heavy atom. The molecule has 2 unspecified atom stereocenters. The van der Waals surface area contributed by atoms with E-state index in [1.165, 1.54) is 6.92 Å². The van der Waals surface area contributed by atoms with Crippen molar-refractivity contribution in [2.24, 2.45) is 5.92 Å². The van der Waals surface area contributed by atoms with Crippen molar-refractivity contribution in [2.45, 2.75) is 39.1 Å². The zero-order valence-electron chi connectivity index (χ0n) is 13.3. The van der Waals surface area contributed by atoms with Crippen LogP contribution in [0.15, 0.2) is 18.2 Å². The number of nitrogens with two attached hydrogens (primary N) is 1. The van der Waals surface area contributed by atoms with E-state index in [4.69, 9.17) is 5.73 Å². The van der Waals surface area contributed by atoms with Gasteiger partial charge in [0.25, 0.3) is 0 Å². The second kappa shape index (κ2) is 5.73. The molecule has 1 aliphatic rings. The van der Waals surface area contributed by atoms with E-state index in [0.717, 1.165) is 16.7 Å². The lowest BCUT2D eigenvalue weighted by molar-refractivity contribution is 0.124. The van der Waals surface area contributed by atoms with Gasteiger partial charge in [-0.25, -0.2) is 4.39 Å². The van der Waals surface area contributed by atoms with Crippen molar-refractivity contribution in [3.63, 3.8) is 0 Å². The van der Waals surface area contributed by atoms with E-state index in [0.29, 0.717) is 0 Å². The number of halogens is 1. The Labute approximate surface area is 134 Å². The van der Waals surface area contributed by atoms with Crippen molar-refractivity contribution < 1.29 is 9.50 Å². The smallest absolute Gasteiger partial charge is 0.228 e. The van der Waals surface area contributed by atoms with Crippen molar-refractivity contribution in [2.75, 3.05) is 11.1 Å². The SMILES string of the molecule is Cc1ccc2c(c1)[C@H](Nc1nc(N)nc(C(C)F)n1)[C@@H](C)C2O. The number of alkyl halides is 1. The number of aliphatic hydroxyl groups excluding tert-OH is 1. The van der Waals surface area contributed by atoms with Crippen LogP contribution in [-0.4, -0.2) is 20.1 Å². The lowest BCUT2D eigenvalue weighted by Crippen LogP contribution is -2.19. The Bertz CT molecular complexity index is 736. The largest absolute Gasteiger partial charge is 0.388 e. The van der Waals surface area contributed by atoms with E-state index in [1.54, 1.807) is 0 Å². The number of nitrogens with zero attached hydrogens (tertiary/aromatic N) is 3. The fourth-order valence-electron chi connectivity index (χ4n) is 2.98. The summed E-state index contributed by atoms with van der Waals surface area (Å²) in [6, 6.07) is 5.76. The molecule has 1 aliphatic carbocycles. The third kappa shape index (κ3) is 2.84. The molecule has 0 saturated heterocycles. The monoisotopic (exact) mass is 317 g/mol. The summed E-state index contributed by atoms with van der Waals surface area (Å²) in [5.41, 5.74) is 8.63. The molecule has 4 atom stereocenters. The fourth-order valence-corrected chi connectivity index (χ4v) is 2.98. The minimum Gasteiger partial charge on any atom is -0.388 e. The summed E-state index contributed by atoms with van der Waals surface area (Å²) in [5.74, 6) is 0.111. The third-order valence-electron chi connectivity index (χ3n) is 4.23. The molecule has 2 aromatic rings. The molecule has 1 aromatic carbocycles.